The second kappa shape index (κ2) is 4.30. The van der Waals surface area contributed by atoms with Gasteiger partial charge in [-0.3, -0.25) is 4.68 Å². The van der Waals surface area contributed by atoms with Crippen LogP contribution in [0.1, 0.15) is 17.1 Å². The van der Waals surface area contributed by atoms with Crippen LogP contribution in [0.25, 0.3) is 0 Å². The Morgan fingerprint density at radius 1 is 1.20 bits per heavy atom. The normalized spacial score (nSPS) is 10.6. The van der Waals surface area contributed by atoms with E-state index in [0.717, 1.165) is 9.53 Å². The van der Waals surface area contributed by atoms with Gasteiger partial charge in [-0.15, -0.1) is 0 Å². The van der Waals surface area contributed by atoms with Crippen LogP contribution in [0, 0.1) is 17.6 Å². The molecule has 0 fully saturated rings. The lowest BCUT2D eigenvalue weighted by atomic mass is 10.4. The maximum Gasteiger partial charge on any atom is 0.164 e. The highest BCUT2D eigenvalue weighted by molar-refractivity contribution is 14.1. The SMILES string of the molecule is Cc1ccc(C)n1NCc1ccc(I)o1. The smallest absolute Gasteiger partial charge is 0.164 e. The second-order valence-electron chi connectivity index (χ2n) is 3.49. The highest BCUT2D eigenvalue weighted by Crippen LogP contribution is 2.11. The number of nitrogens with one attached hydrogen (secondary N) is 1. The number of halogens is 1. The molecule has 3 nitrogen and oxygen atoms in total. The van der Waals surface area contributed by atoms with Crippen molar-refractivity contribution in [1.82, 2.24) is 4.68 Å². The molecular weight excluding hydrogens is 303 g/mol. The average Bonchev–Trinajstić information content (AvgIpc) is 2.73. The van der Waals surface area contributed by atoms with Crippen LogP contribution in [0.2, 0.25) is 0 Å². The van der Waals surface area contributed by atoms with E-state index in [1.165, 1.54) is 11.4 Å². The Morgan fingerprint density at radius 2 is 1.87 bits per heavy atom. The summed E-state index contributed by atoms with van der Waals surface area (Å²) in [5, 5.41) is 0. The van der Waals surface area contributed by atoms with Crippen LogP contribution < -0.4 is 5.43 Å². The molecule has 0 spiro atoms. The third-order valence-electron chi connectivity index (χ3n) is 2.31. The number of aromatic nitrogens is 1. The lowest BCUT2D eigenvalue weighted by molar-refractivity contribution is 0.485. The summed E-state index contributed by atoms with van der Waals surface area (Å²) in [7, 11) is 0. The number of aryl methyl sites for hydroxylation is 2. The van der Waals surface area contributed by atoms with E-state index >= 15 is 0 Å². The van der Waals surface area contributed by atoms with Crippen LogP contribution in [0.3, 0.4) is 0 Å². The van der Waals surface area contributed by atoms with Crippen molar-refractivity contribution in [3.63, 3.8) is 0 Å². The molecule has 4 heteroatoms. The first kappa shape index (κ1) is 10.6. The second-order valence-corrected chi connectivity index (χ2v) is 4.56. The molecule has 2 aromatic rings. The van der Waals surface area contributed by atoms with Crippen LogP contribution in [0.4, 0.5) is 0 Å². The van der Waals surface area contributed by atoms with Crippen LogP contribution >= 0.6 is 22.6 Å². The molecule has 0 aliphatic carbocycles. The Balaban J connectivity index is 2.05. The zero-order valence-corrected chi connectivity index (χ0v) is 10.9. The van der Waals surface area contributed by atoms with Gasteiger partial charge < -0.3 is 9.84 Å². The van der Waals surface area contributed by atoms with E-state index in [1.807, 2.05) is 12.1 Å². The molecule has 0 saturated heterocycles. The molecule has 0 aliphatic rings. The van der Waals surface area contributed by atoms with Gasteiger partial charge in [-0.2, -0.15) is 0 Å². The molecule has 2 aromatic heterocycles. The molecule has 15 heavy (non-hydrogen) atoms. The molecule has 0 saturated carbocycles. The monoisotopic (exact) mass is 316 g/mol. The summed E-state index contributed by atoms with van der Waals surface area (Å²) in [5.41, 5.74) is 5.72. The minimum Gasteiger partial charge on any atom is -0.453 e. The van der Waals surface area contributed by atoms with E-state index in [0.29, 0.717) is 6.54 Å². The first-order chi connectivity index (χ1) is 7.16. The van der Waals surface area contributed by atoms with Crippen molar-refractivity contribution in [3.05, 3.63) is 45.2 Å². The van der Waals surface area contributed by atoms with Crippen molar-refractivity contribution in [2.45, 2.75) is 20.4 Å². The van der Waals surface area contributed by atoms with Crippen LogP contribution in [-0.2, 0) is 6.54 Å². The molecule has 0 bridgehead atoms. The van der Waals surface area contributed by atoms with Gasteiger partial charge in [0.15, 0.2) is 3.77 Å². The Labute approximate surface area is 103 Å². The summed E-state index contributed by atoms with van der Waals surface area (Å²) >= 11 is 2.17. The van der Waals surface area contributed by atoms with Crippen molar-refractivity contribution in [3.8, 4) is 0 Å². The molecule has 0 atom stereocenters. The maximum absolute atomic E-state index is 5.47. The van der Waals surface area contributed by atoms with E-state index in [4.69, 9.17) is 4.42 Å². The standard InChI is InChI=1S/C11H13IN2O/c1-8-3-4-9(2)14(8)13-7-10-5-6-11(12)15-10/h3-6,13H,7H2,1-2H3. The minimum atomic E-state index is 0.708. The van der Waals surface area contributed by atoms with Gasteiger partial charge in [0, 0.05) is 11.4 Å². The van der Waals surface area contributed by atoms with Crippen molar-refractivity contribution < 1.29 is 4.42 Å². The fourth-order valence-corrected chi connectivity index (χ4v) is 1.98. The topological polar surface area (TPSA) is 30.1 Å². The van der Waals surface area contributed by atoms with Gasteiger partial charge in [0.1, 0.15) is 5.76 Å². The Morgan fingerprint density at radius 3 is 2.40 bits per heavy atom. The Kier molecular flexibility index (Phi) is 3.04. The third-order valence-corrected chi connectivity index (χ3v) is 2.89. The molecule has 0 aromatic carbocycles. The van der Waals surface area contributed by atoms with Crippen molar-refractivity contribution in [1.29, 1.82) is 0 Å². The lowest BCUT2D eigenvalue weighted by Crippen LogP contribution is -2.16. The van der Waals surface area contributed by atoms with Gasteiger partial charge in [-0.1, -0.05) is 0 Å². The van der Waals surface area contributed by atoms with E-state index in [1.54, 1.807) is 0 Å². The number of hydrogen-bond donors (Lipinski definition) is 1. The van der Waals surface area contributed by atoms with E-state index in [2.05, 4.69) is 58.7 Å². The highest BCUT2D eigenvalue weighted by Gasteiger charge is 2.02. The zero-order chi connectivity index (χ0) is 10.8. The highest BCUT2D eigenvalue weighted by atomic mass is 127. The van der Waals surface area contributed by atoms with Crippen LogP contribution in [0.5, 0.6) is 0 Å². The summed E-state index contributed by atoms with van der Waals surface area (Å²) in [4.78, 5) is 0. The van der Waals surface area contributed by atoms with E-state index in [9.17, 15) is 0 Å². The fourth-order valence-electron chi connectivity index (χ4n) is 1.52. The number of hydrogen-bond acceptors (Lipinski definition) is 2. The van der Waals surface area contributed by atoms with Gasteiger partial charge in [0.05, 0.1) is 6.54 Å². The molecule has 2 heterocycles. The molecule has 1 N–H and O–H groups in total. The van der Waals surface area contributed by atoms with Gasteiger partial charge >= 0.3 is 0 Å². The van der Waals surface area contributed by atoms with Crippen molar-refractivity contribution in [2.24, 2.45) is 0 Å². The number of nitrogens with zero attached hydrogens (tertiary/aromatic N) is 1. The summed E-state index contributed by atoms with van der Waals surface area (Å²) < 4.78 is 8.46. The molecule has 0 radical (unpaired) electrons. The summed E-state index contributed by atoms with van der Waals surface area (Å²) in [6.45, 7) is 4.86. The largest absolute Gasteiger partial charge is 0.453 e. The first-order valence-electron chi connectivity index (χ1n) is 4.80. The van der Waals surface area contributed by atoms with Crippen molar-refractivity contribution >= 4 is 22.6 Å². The maximum atomic E-state index is 5.47. The molecular formula is C11H13IN2O. The van der Waals surface area contributed by atoms with Gasteiger partial charge in [-0.05, 0) is 60.7 Å². The fraction of sp³-hybridized carbons (Fsp3) is 0.273. The minimum absolute atomic E-state index is 0.708. The first-order valence-corrected chi connectivity index (χ1v) is 5.88. The van der Waals surface area contributed by atoms with E-state index in [-0.39, 0.29) is 0 Å². The van der Waals surface area contributed by atoms with Gasteiger partial charge in [0.2, 0.25) is 0 Å². The number of rotatable bonds is 3. The summed E-state index contributed by atoms with van der Waals surface area (Å²) in [6.07, 6.45) is 0. The van der Waals surface area contributed by atoms with Gasteiger partial charge in [0.25, 0.3) is 0 Å². The van der Waals surface area contributed by atoms with Crippen LogP contribution in [-0.4, -0.2) is 4.68 Å². The average molecular weight is 316 g/mol. The molecule has 2 rings (SSSR count). The Hall–Kier alpha value is -0.910. The van der Waals surface area contributed by atoms with Crippen molar-refractivity contribution in [2.75, 3.05) is 5.43 Å². The zero-order valence-electron chi connectivity index (χ0n) is 8.75. The number of furan rings is 1. The quantitative estimate of drug-likeness (QED) is 0.882. The predicted molar refractivity (Wildman–Crippen MR) is 68.4 cm³/mol. The lowest BCUT2D eigenvalue weighted by Gasteiger charge is -2.10. The summed E-state index contributed by atoms with van der Waals surface area (Å²) in [6, 6.07) is 8.14. The molecule has 0 aliphatic heterocycles. The van der Waals surface area contributed by atoms with Gasteiger partial charge in [-0.25, -0.2) is 0 Å². The Bertz CT molecular complexity index is 439. The molecule has 0 unspecified atom stereocenters. The summed E-state index contributed by atoms with van der Waals surface area (Å²) in [5.74, 6) is 0.951. The van der Waals surface area contributed by atoms with Crippen LogP contribution in [0.15, 0.2) is 28.7 Å². The third kappa shape index (κ3) is 2.37. The predicted octanol–water partition coefficient (Wildman–Crippen LogP) is 3.05. The molecule has 80 valence electrons. The van der Waals surface area contributed by atoms with E-state index < -0.39 is 0 Å². The molecule has 0 amide bonds.